The molecular weight excluding hydrogens is 202 g/mol. The minimum Gasteiger partial charge on any atom is -0.393 e. The van der Waals surface area contributed by atoms with Crippen molar-refractivity contribution in [2.75, 3.05) is 12.3 Å². The first-order chi connectivity index (χ1) is 6.33. The molecule has 0 aromatic rings. The summed E-state index contributed by atoms with van der Waals surface area (Å²) in [7, 11) is -3.11. The quantitative estimate of drug-likeness (QED) is 0.625. The average molecular weight is 223 g/mol. The minimum absolute atomic E-state index is 0.143. The van der Waals surface area contributed by atoms with E-state index < -0.39 is 10.0 Å². The Hall–Kier alpha value is -0.130. The number of aliphatic hydroxyl groups excluding tert-OH is 1. The van der Waals surface area contributed by atoms with Gasteiger partial charge in [-0.15, -0.1) is 0 Å². The van der Waals surface area contributed by atoms with Crippen LogP contribution in [0.15, 0.2) is 0 Å². The van der Waals surface area contributed by atoms with Crippen molar-refractivity contribution in [2.45, 2.75) is 39.7 Å². The van der Waals surface area contributed by atoms with E-state index in [1.807, 2.05) is 13.8 Å². The summed E-state index contributed by atoms with van der Waals surface area (Å²) in [4.78, 5) is 0. The van der Waals surface area contributed by atoms with Crippen LogP contribution < -0.4 is 4.72 Å². The lowest BCUT2D eigenvalue weighted by molar-refractivity contribution is 0.182. The Morgan fingerprint density at radius 1 is 1.29 bits per heavy atom. The molecule has 0 aromatic carbocycles. The predicted octanol–water partition coefficient (Wildman–Crippen LogP) is 0.723. The SMILES string of the molecule is CC(C)CS(=O)(=O)NCCCC(C)O. The van der Waals surface area contributed by atoms with Crippen LogP contribution in [0.1, 0.15) is 33.6 Å². The van der Waals surface area contributed by atoms with Crippen LogP contribution in [-0.2, 0) is 10.0 Å². The number of nitrogens with one attached hydrogen (secondary N) is 1. The van der Waals surface area contributed by atoms with Crippen LogP contribution in [0.25, 0.3) is 0 Å². The van der Waals surface area contributed by atoms with Gasteiger partial charge in [-0.05, 0) is 25.7 Å². The van der Waals surface area contributed by atoms with Gasteiger partial charge in [0.25, 0.3) is 0 Å². The molecule has 2 N–H and O–H groups in total. The molecule has 0 radical (unpaired) electrons. The van der Waals surface area contributed by atoms with E-state index in [2.05, 4.69) is 4.72 Å². The Kier molecular flexibility index (Phi) is 6.31. The first-order valence-electron chi connectivity index (χ1n) is 4.99. The van der Waals surface area contributed by atoms with Crippen molar-refractivity contribution in [1.82, 2.24) is 4.72 Å². The van der Waals surface area contributed by atoms with Crippen molar-refractivity contribution in [3.63, 3.8) is 0 Å². The highest BCUT2D eigenvalue weighted by atomic mass is 32.2. The van der Waals surface area contributed by atoms with Gasteiger partial charge in [0.05, 0.1) is 11.9 Å². The molecule has 1 unspecified atom stereocenters. The first kappa shape index (κ1) is 13.9. The van der Waals surface area contributed by atoms with Crippen molar-refractivity contribution in [3.05, 3.63) is 0 Å². The third-order valence-electron chi connectivity index (χ3n) is 1.67. The Labute approximate surface area is 86.8 Å². The normalized spacial score (nSPS) is 14.6. The summed E-state index contributed by atoms with van der Waals surface area (Å²) >= 11 is 0. The summed E-state index contributed by atoms with van der Waals surface area (Å²) in [6.45, 7) is 5.85. The molecule has 0 amide bonds. The predicted molar refractivity (Wildman–Crippen MR) is 57.5 cm³/mol. The van der Waals surface area contributed by atoms with Crippen LogP contribution in [0.2, 0.25) is 0 Å². The molecule has 4 nitrogen and oxygen atoms in total. The maximum Gasteiger partial charge on any atom is 0.211 e. The number of hydrogen-bond donors (Lipinski definition) is 2. The minimum atomic E-state index is -3.11. The number of aliphatic hydroxyl groups is 1. The molecule has 0 saturated heterocycles. The third kappa shape index (κ3) is 8.47. The van der Waals surface area contributed by atoms with Gasteiger partial charge in [-0.1, -0.05) is 13.8 Å². The summed E-state index contributed by atoms with van der Waals surface area (Å²) in [5.74, 6) is 0.311. The molecule has 0 spiro atoms. The second-order valence-corrected chi connectivity index (χ2v) is 5.91. The van der Waals surface area contributed by atoms with E-state index in [1.54, 1.807) is 6.92 Å². The fourth-order valence-electron chi connectivity index (χ4n) is 1.12. The Bertz CT molecular complexity index is 234. The molecule has 5 heteroatoms. The smallest absolute Gasteiger partial charge is 0.211 e. The van der Waals surface area contributed by atoms with Crippen molar-refractivity contribution in [1.29, 1.82) is 0 Å². The second-order valence-electron chi connectivity index (χ2n) is 4.06. The Balaban J connectivity index is 3.67. The fourth-order valence-corrected chi connectivity index (χ4v) is 2.57. The standard InChI is InChI=1S/C9H21NO3S/c1-8(2)7-14(12,13)10-6-4-5-9(3)11/h8-11H,4-7H2,1-3H3. The molecule has 0 heterocycles. The molecule has 0 aliphatic rings. The van der Waals surface area contributed by atoms with Crippen molar-refractivity contribution in [2.24, 2.45) is 5.92 Å². The Morgan fingerprint density at radius 3 is 2.29 bits per heavy atom. The topological polar surface area (TPSA) is 66.4 Å². The zero-order valence-corrected chi connectivity index (χ0v) is 9.97. The van der Waals surface area contributed by atoms with E-state index in [0.717, 1.165) is 0 Å². The number of hydrogen-bond acceptors (Lipinski definition) is 3. The van der Waals surface area contributed by atoms with Gasteiger partial charge in [-0.2, -0.15) is 0 Å². The van der Waals surface area contributed by atoms with Gasteiger partial charge in [-0.3, -0.25) is 0 Å². The Morgan fingerprint density at radius 2 is 1.86 bits per heavy atom. The molecular formula is C9H21NO3S. The summed E-state index contributed by atoms with van der Waals surface area (Å²) in [5, 5.41) is 8.95. The summed E-state index contributed by atoms with van der Waals surface area (Å²) < 4.78 is 25.1. The van der Waals surface area contributed by atoms with Gasteiger partial charge in [0.1, 0.15) is 0 Å². The lowest BCUT2D eigenvalue weighted by Crippen LogP contribution is -2.29. The lowest BCUT2D eigenvalue weighted by atomic mass is 10.2. The van der Waals surface area contributed by atoms with Gasteiger partial charge in [0, 0.05) is 6.54 Å². The highest BCUT2D eigenvalue weighted by Gasteiger charge is 2.11. The maximum absolute atomic E-state index is 11.3. The zero-order chi connectivity index (χ0) is 11.2. The van der Waals surface area contributed by atoms with Gasteiger partial charge < -0.3 is 5.11 Å². The molecule has 0 bridgehead atoms. The molecule has 0 fully saturated rings. The number of sulfonamides is 1. The summed E-state index contributed by atoms with van der Waals surface area (Å²) in [6.07, 6.45) is 0.948. The van der Waals surface area contributed by atoms with Crippen LogP contribution >= 0.6 is 0 Å². The fraction of sp³-hybridized carbons (Fsp3) is 1.00. The van der Waals surface area contributed by atoms with Gasteiger partial charge in [0.2, 0.25) is 10.0 Å². The second kappa shape index (κ2) is 6.37. The van der Waals surface area contributed by atoms with E-state index in [1.165, 1.54) is 0 Å². The maximum atomic E-state index is 11.3. The highest BCUT2D eigenvalue weighted by molar-refractivity contribution is 7.89. The first-order valence-corrected chi connectivity index (χ1v) is 6.64. The van der Waals surface area contributed by atoms with E-state index in [9.17, 15) is 8.42 Å². The van der Waals surface area contributed by atoms with Crippen LogP contribution in [0.4, 0.5) is 0 Å². The summed E-state index contributed by atoms with van der Waals surface area (Å²) in [5.41, 5.74) is 0. The van der Waals surface area contributed by atoms with Crippen molar-refractivity contribution in [3.8, 4) is 0 Å². The number of rotatable bonds is 7. The molecule has 0 aliphatic carbocycles. The van der Waals surface area contributed by atoms with Gasteiger partial charge in [-0.25, -0.2) is 13.1 Å². The molecule has 1 atom stereocenters. The molecule has 0 aliphatic heterocycles. The average Bonchev–Trinajstić information content (AvgIpc) is 1.95. The lowest BCUT2D eigenvalue weighted by Gasteiger charge is -2.09. The monoisotopic (exact) mass is 223 g/mol. The third-order valence-corrected chi connectivity index (χ3v) is 3.42. The van der Waals surface area contributed by atoms with E-state index in [4.69, 9.17) is 5.11 Å². The zero-order valence-electron chi connectivity index (χ0n) is 9.16. The van der Waals surface area contributed by atoms with Gasteiger partial charge in [0.15, 0.2) is 0 Å². The largest absolute Gasteiger partial charge is 0.393 e. The molecule has 0 aromatic heterocycles. The van der Waals surface area contributed by atoms with Crippen molar-refractivity contribution < 1.29 is 13.5 Å². The van der Waals surface area contributed by atoms with E-state index >= 15 is 0 Å². The van der Waals surface area contributed by atoms with Crippen LogP contribution in [0, 0.1) is 5.92 Å². The van der Waals surface area contributed by atoms with E-state index in [0.29, 0.717) is 19.4 Å². The van der Waals surface area contributed by atoms with Crippen molar-refractivity contribution >= 4 is 10.0 Å². The van der Waals surface area contributed by atoms with Crippen LogP contribution in [-0.4, -0.2) is 31.9 Å². The molecule has 0 rings (SSSR count). The molecule has 86 valence electrons. The van der Waals surface area contributed by atoms with Crippen LogP contribution in [0.5, 0.6) is 0 Å². The molecule has 0 saturated carbocycles. The van der Waals surface area contributed by atoms with Gasteiger partial charge >= 0.3 is 0 Å². The van der Waals surface area contributed by atoms with Crippen LogP contribution in [0.3, 0.4) is 0 Å². The molecule has 14 heavy (non-hydrogen) atoms. The summed E-state index contributed by atoms with van der Waals surface area (Å²) in [6, 6.07) is 0. The van der Waals surface area contributed by atoms with E-state index in [-0.39, 0.29) is 17.8 Å². The highest BCUT2D eigenvalue weighted by Crippen LogP contribution is 1.99.